The summed E-state index contributed by atoms with van der Waals surface area (Å²) in [7, 11) is 0. The Morgan fingerprint density at radius 3 is 2.50 bits per heavy atom. The number of urea groups is 1. The van der Waals surface area contributed by atoms with E-state index in [1.54, 1.807) is 40.1 Å². The third-order valence-electron chi connectivity index (χ3n) is 4.30. The van der Waals surface area contributed by atoms with Gasteiger partial charge in [0.2, 0.25) is 0 Å². The van der Waals surface area contributed by atoms with Crippen molar-refractivity contribution >= 4 is 17.6 Å². The number of amides is 3. The molecule has 0 bridgehead atoms. The molecule has 1 fully saturated rings. The van der Waals surface area contributed by atoms with E-state index in [0.717, 1.165) is 0 Å². The van der Waals surface area contributed by atoms with Crippen molar-refractivity contribution in [2.45, 2.75) is 20.0 Å². The highest BCUT2D eigenvalue weighted by molar-refractivity contribution is 5.93. The van der Waals surface area contributed by atoms with Crippen LogP contribution < -0.4 is 10.1 Å². The Balaban J connectivity index is 1.63. The Morgan fingerprint density at radius 2 is 1.89 bits per heavy atom. The number of carbonyl (C=O) groups is 2. The number of rotatable bonds is 4. The van der Waals surface area contributed by atoms with Crippen LogP contribution in [-0.2, 0) is 0 Å². The zero-order valence-corrected chi connectivity index (χ0v) is 15.8. The maximum Gasteiger partial charge on any atom is 0.322 e. The quantitative estimate of drug-likeness (QED) is 0.877. The molecule has 0 spiro atoms. The van der Waals surface area contributed by atoms with Crippen LogP contribution in [0.15, 0.2) is 41.0 Å². The number of piperazine rings is 1. The minimum Gasteiger partial charge on any atom is -0.489 e. The van der Waals surface area contributed by atoms with Gasteiger partial charge in [-0.2, -0.15) is 5.26 Å². The van der Waals surface area contributed by atoms with Gasteiger partial charge in [0, 0.05) is 26.2 Å². The van der Waals surface area contributed by atoms with Gasteiger partial charge in [-0.15, -0.1) is 0 Å². The van der Waals surface area contributed by atoms with Gasteiger partial charge >= 0.3 is 6.03 Å². The van der Waals surface area contributed by atoms with Crippen LogP contribution in [0.25, 0.3) is 0 Å². The van der Waals surface area contributed by atoms with Gasteiger partial charge in [0.1, 0.15) is 5.75 Å². The zero-order chi connectivity index (χ0) is 20.1. The number of hydrogen-bond donors (Lipinski definition) is 1. The first kappa shape index (κ1) is 19.3. The summed E-state index contributed by atoms with van der Waals surface area (Å²) in [6, 6.07) is 9.97. The van der Waals surface area contributed by atoms with E-state index in [-0.39, 0.29) is 18.0 Å². The molecule has 0 radical (unpaired) electrons. The van der Waals surface area contributed by atoms with Crippen LogP contribution in [0.4, 0.5) is 10.5 Å². The molecule has 1 N–H and O–H groups in total. The fourth-order valence-corrected chi connectivity index (χ4v) is 2.92. The fraction of sp³-hybridized carbons (Fsp3) is 0.350. The van der Waals surface area contributed by atoms with Gasteiger partial charge in [-0.05, 0) is 44.2 Å². The molecule has 0 aliphatic carbocycles. The molecule has 1 aliphatic heterocycles. The maximum atomic E-state index is 12.7. The summed E-state index contributed by atoms with van der Waals surface area (Å²) in [6.07, 6.45) is 1.39. The minimum absolute atomic E-state index is 0.0697. The molecule has 28 heavy (non-hydrogen) atoms. The van der Waals surface area contributed by atoms with Crippen molar-refractivity contribution in [2.24, 2.45) is 0 Å². The summed E-state index contributed by atoms with van der Waals surface area (Å²) in [5.41, 5.74) is 0.882. The highest BCUT2D eigenvalue weighted by Crippen LogP contribution is 2.27. The molecule has 1 aromatic carbocycles. The topological polar surface area (TPSA) is 98.8 Å². The molecule has 1 aliphatic rings. The monoisotopic (exact) mass is 382 g/mol. The third kappa shape index (κ3) is 4.43. The molecule has 2 aromatic rings. The van der Waals surface area contributed by atoms with Gasteiger partial charge < -0.3 is 24.3 Å². The number of nitrogens with zero attached hydrogens (tertiary/aromatic N) is 3. The first-order valence-corrected chi connectivity index (χ1v) is 9.07. The number of nitrogens with one attached hydrogen (secondary N) is 1. The van der Waals surface area contributed by atoms with Gasteiger partial charge in [-0.3, -0.25) is 4.79 Å². The van der Waals surface area contributed by atoms with Crippen molar-refractivity contribution in [1.82, 2.24) is 9.80 Å². The predicted molar refractivity (Wildman–Crippen MR) is 102 cm³/mol. The lowest BCUT2D eigenvalue weighted by Gasteiger charge is -2.34. The Bertz CT molecular complexity index is 878. The van der Waals surface area contributed by atoms with Crippen molar-refractivity contribution in [2.75, 3.05) is 31.5 Å². The lowest BCUT2D eigenvalue weighted by atomic mass is 10.2. The highest BCUT2D eigenvalue weighted by atomic mass is 16.5. The second kappa shape index (κ2) is 8.48. The van der Waals surface area contributed by atoms with Crippen molar-refractivity contribution in [3.63, 3.8) is 0 Å². The Hall–Kier alpha value is -3.47. The first-order valence-electron chi connectivity index (χ1n) is 9.07. The van der Waals surface area contributed by atoms with Gasteiger partial charge in [0.05, 0.1) is 29.7 Å². The van der Waals surface area contributed by atoms with Gasteiger partial charge in [0.15, 0.2) is 5.76 Å². The van der Waals surface area contributed by atoms with E-state index in [0.29, 0.717) is 48.9 Å². The molecule has 8 nitrogen and oxygen atoms in total. The molecule has 8 heteroatoms. The number of carbonyl (C=O) groups excluding carboxylic acids is 2. The van der Waals surface area contributed by atoms with E-state index >= 15 is 0 Å². The second-order valence-corrected chi connectivity index (χ2v) is 6.68. The summed E-state index contributed by atoms with van der Waals surface area (Å²) in [6.45, 7) is 5.41. The molecular formula is C20H22N4O4. The van der Waals surface area contributed by atoms with E-state index < -0.39 is 0 Å². The fourth-order valence-electron chi connectivity index (χ4n) is 2.92. The SMILES string of the molecule is CC(C)Oc1ccc(C#N)cc1NC(=O)N1CCN(C(=O)c2ccco2)CC1. The van der Waals surface area contributed by atoms with Crippen molar-refractivity contribution in [3.8, 4) is 11.8 Å². The zero-order valence-electron chi connectivity index (χ0n) is 15.8. The lowest BCUT2D eigenvalue weighted by Crippen LogP contribution is -2.51. The molecule has 146 valence electrons. The average molecular weight is 382 g/mol. The summed E-state index contributed by atoms with van der Waals surface area (Å²) in [5, 5.41) is 11.9. The molecule has 2 heterocycles. The van der Waals surface area contributed by atoms with Crippen LogP contribution >= 0.6 is 0 Å². The van der Waals surface area contributed by atoms with E-state index in [4.69, 9.17) is 14.4 Å². The van der Waals surface area contributed by atoms with Gasteiger partial charge in [-0.1, -0.05) is 0 Å². The normalized spacial score (nSPS) is 13.9. The van der Waals surface area contributed by atoms with E-state index in [2.05, 4.69) is 11.4 Å². The van der Waals surface area contributed by atoms with Crippen LogP contribution in [-0.4, -0.2) is 54.0 Å². The number of furan rings is 1. The Labute approximate surface area is 163 Å². The molecule has 3 amide bonds. The number of hydrogen-bond acceptors (Lipinski definition) is 5. The molecule has 3 rings (SSSR count). The summed E-state index contributed by atoms with van der Waals surface area (Å²) in [4.78, 5) is 28.3. The minimum atomic E-state index is -0.297. The number of anilines is 1. The van der Waals surface area contributed by atoms with Crippen LogP contribution in [0.1, 0.15) is 30.0 Å². The predicted octanol–water partition coefficient (Wildman–Crippen LogP) is 2.93. The lowest BCUT2D eigenvalue weighted by molar-refractivity contribution is 0.0640. The number of benzene rings is 1. The molecule has 1 aromatic heterocycles. The summed E-state index contributed by atoms with van der Waals surface area (Å²) in [5.74, 6) is 0.620. The van der Waals surface area contributed by atoms with Crippen LogP contribution in [0.3, 0.4) is 0 Å². The largest absolute Gasteiger partial charge is 0.489 e. The van der Waals surface area contributed by atoms with Crippen molar-refractivity contribution < 1.29 is 18.7 Å². The Morgan fingerprint density at radius 1 is 1.18 bits per heavy atom. The molecule has 0 unspecified atom stereocenters. The number of ether oxygens (including phenoxy) is 1. The van der Waals surface area contributed by atoms with Crippen LogP contribution in [0, 0.1) is 11.3 Å². The highest BCUT2D eigenvalue weighted by Gasteiger charge is 2.26. The molecule has 0 atom stereocenters. The smallest absolute Gasteiger partial charge is 0.322 e. The summed E-state index contributed by atoms with van der Waals surface area (Å²) >= 11 is 0. The van der Waals surface area contributed by atoms with Crippen LogP contribution in [0.5, 0.6) is 5.75 Å². The average Bonchev–Trinajstić information content (AvgIpc) is 3.23. The molecule has 1 saturated heterocycles. The third-order valence-corrected chi connectivity index (χ3v) is 4.30. The standard InChI is InChI=1S/C20H22N4O4/c1-14(2)28-17-6-5-15(13-21)12-16(17)22-20(26)24-9-7-23(8-10-24)19(25)18-4-3-11-27-18/h3-6,11-12,14H,7-10H2,1-2H3,(H,22,26). The van der Waals surface area contributed by atoms with E-state index in [9.17, 15) is 9.59 Å². The first-order chi connectivity index (χ1) is 13.5. The maximum absolute atomic E-state index is 12.7. The van der Waals surface area contributed by atoms with E-state index in [1.807, 2.05) is 13.8 Å². The van der Waals surface area contributed by atoms with Gasteiger partial charge in [-0.25, -0.2) is 4.79 Å². The van der Waals surface area contributed by atoms with Crippen LogP contribution in [0.2, 0.25) is 0 Å². The van der Waals surface area contributed by atoms with E-state index in [1.165, 1.54) is 6.26 Å². The van der Waals surface area contributed by atoms with Crippen molar-refractivity contribution in [1.29, 1.82) is 5.26 Å². The molecule has 0 saturated carbocycles. The molecular weight excluding hydrogens is 360 g/mol. The van der Waals surface area contributed by atoms with Crippen molar-refractivity contribution in [3.05, 3.63) is 47.9 Å². The second-order valence-electron chi connectivity index (χ2n) is 6.68. The van der Waals surface area contributed by atoms with Gasteiger partial charge in [0.25, 0.3) is 5.91 Å². The Kier molecular flexibility index (Phi) is 5.84. The summed E-state index contributed by atoms with van der Waals surface area (Å²) < 4.78 is 10.9. The number of nitriles is 1.